The van der Waals surface area contributed by atoms with E-state index in [0.717, 1.165) is 111 Å². The Bertz CT molecular complexity index is 3470. The lowest BCUT2D eigenvalue weighted by molar-refractivity contribution is 0.668. The van der Waals surface area contributed by atoms with E-state index in [4.69, 9.17) is 18.8 Å². The lowest BCUT2D eigenvalue weighted by Crippen LogP contribution is -1.97. The number of rotatable bonds is 6. The van der Waals surface area contributed by atoms with E-state index in [-0.39, 0.29) is 0 Å². The molecule has 0 aliphatic heterocycles. The molecule has 0 spiro atoms. The van der Waals surface area contributed by atoms with Crippen LogP contribution in [-0.4, -0.2) is 15.0 Å². The largest absolute Gasteiger partial charge is 0.456 e. The van der Waals surface area contributed by atoms with Gasteiger partial charge in [-0.1, -0.05) is 115 Å². The average molecular weight is 768 g/mol. The van der Waals surface area contributed by atoms with Crippen molar-refractivity contribution in [2.75, 3.05) is 0 Å². The van der Waals surface area contributed by atoms with E-state index in [1.165, 1.54) is 5.39 Å². The Morgan fingerprint density at radius 2 is 0.833 bits per heavy atom. The smallest absolute Gasteiger partial charge is 0.160 e. The van der Waals surface area contributed by atoms with E-state index in [1.54, 1.807) is 6.20 Å². The predicted octanol–water partition coefficient (Wildman–Crippen LogP) is 14.8. The molecule has 5 heteroatoms. The molecule has 0 radical (unpaired) electrons. The zero-order valence-electron chi connectivity index (χ0n) is 32.2. The van der Waals surface area contributed by atoms with Gasteiger partial charge < -0.3 is 8.83 Å². The van der Waals surface area contributed by atoms with Gasteiger partial charge in [0.05, 0.1) is 11.4 Å². The van der Waals surface area contributed by atoms with Crippen LogP contribution in [0.15, 0.2) is 209 Å². The average Bonchev–Trinajstić information content (AvgIpc) is 3.89. The van der Waals surface area contributed by atoms with Gasteiger partial charge in [0.2, 0.25) is 0 Å². The van der Waals surface area contributed by atoms with Gasteiger partial charge >= 0.3 is 0 Å². The zero-order valence-corrected chi connectivity index (χ0v) is 32.2. The summed E-state index contributed by atoms with van der Waals surface area (Å²) in [6, 6.07) is 65.7. The number of hydrogen-bond donors (Lipinski definition) is 0. The molecular weight excluding hydrogens is 735 g/mol. The third-order valence-corrected chi connectivity index (χ3v) is 11.6. The Morgan fingerprint density at radius 3 is 1.48 bits per heavy atom. The van der Waals surface area contributed by atoms with E-state index in [1.807, 2.05) is 36.5 Å². The van der Waals surface area contributed by atoms with Gasteiger partial charge in [-0.3, -0.25) is 4.98 Å². The summed E-state index contributed by atoms with van der Waals surface area (Å²) in [4.78, 5) is 15.0. The number of para-hydroxylation sites is 2. The molecule has 0 bridgehead atoms. The van der Waals surface area contributed by atoms with Crippen LogP contribution in [0, 0.1) is 0 Å². The van der Waals surface area contributed by atoms with Crippen LogP contribution in [0.2, 0.25) is 0 Å². The number of fused-ring (bicyclic) bond motifs is 7. The SMILES string of the molecule is c1cncc(-c2ccc(-c3cc(-c4ccc5ccccc5c4)nc(-c4cc(-c5ccc6oc7ccccc7c6c5)cc(-c5ccc6oc7ccccc7c6c5)c4)n3)cc2)c1. The third kappa shape index (κ3) is 5.91. The normalized spacial score (nSPS) is 11.7. The van der Waals surface area contributed by atoms with Gasteiger partial charge in [0.15, 0.2) is 5.82 Å². The van der Waals surface area contributed by atoms with Crippen molar-refractivity contribution in [3.8, 4) is 67.3 Å². The summed E-state index contributed by atoms with van der Waals surface area (Å²) in [6.45, 7) is 0. The van der Waals surface area contributed by atoms with Gasteiger partial charge in [0.1, 0.15) is 22.3 Å². The monoisotopic (exact) mass is 767 g/mol. The molecule has 8 aromatic carbocycles. The summed E-state index contributed by atoms with van der Waals surface area (Å²) in [6.07, 6.45) is 3.68. The highest BCUT2D eigenvalue weighted by Crippen LogP contribution is 2.39. The van der Waals surface area contributed by atoms with Gasteiger partial charge in [-0.05, 0) is 117 Å². The van der Waals surface area contributed by atoms with Crippen LogP contribution < -0.4 is 0 Å². The lowest BCUT2D eigenvalue weighted by Gasteiger charge is -2.14. The summed E-state index contributed by atoms with van der Waals surface area (Å²) >= 11 is 0. The number of benzene rings is 8. The van der Waals surface area contributed by atoms with Crippen LogP contribution in [-0.2, 0) is 0 Å². The van der Waals surface area contributed by atoms with Crippen molar-refractivity contribution in [3.63, 3.8) is 0 Å². The Morgan fingerprint density at radius 1 is 0.300 bits per heavy atom. The van der Waals surface area contributed by atoms with Crippen LogP contribution >= 0.6 is 0 Å². The first-order valence-corrected chi connectivity index (χ1v) is 20.0. The highest BCUT2D eigenvalue weighted by atomic mass is 16.3. The molecule has 0 atom stereocenters. The molecule has 0 saturated carbocycles. The molecule has 4 aromatic heterocycles. The van der Waals surface area contributed by atoms with Gasteiger partial charge in [-0.25, -0.2) is 9.97 Å². The Hall–Kier alpha value is -8.15. The minimum Gasteiger partial charge on any atom is -0.456 e. The molecule has 12 rings (SSSR count). The topological polar surface area (TPSA) is 65.0 Å². The molecule has 12 aromatic rings. The Kier molecular flexibility index (Phi) is 7.78. The van der Waals surface area contributed by atoms with E-state index >= 15 is 0 Å². The number of hydrogen-bond acceptors (Lipinski definition) is 5. The summed E-state index contributed by atoms with van der Waals surface area (Å²) in [5.74, 6) is 0.639. The van der Waals surface area contributed by atoms with Crippen molar-refractivity contribution in [1.29, 1.82) is 0 Å². The molecule has 0 unspecified atom stereocenters. The molecule has 0 N–H and O–H groups in total. The van der Waals surface area contributed by atoms with Crippen LogP contribution in [0.5, 0.6) is 0 Å². The van der Waals surface area contributed by atoms with Crippen LogP contribution in [0.3, 0.4) is 0 Å². The highest BCUT2D eigenvalue weighted by Gasteiger charge is 2.17. The number of pyridine rings is 1. The first-order chi connectivity index (χ1) is 29.7. The predicted molar refractivity (Wildman–Crippen MR) is 245 cm³/mol. The van der Waals surface area contributed by atoms with Gasteiger partial charge in [-0.15, -0.1) is 0 Å². The number of nitrogens with zero attached hydrogens (tertiary/aromatic N) is 3. The van der Waals surface area contributed by atoms with Crippen LogP contribution in [0.1, 0.15) is 0 Å². The zero-order chi connectivity index (χ0) is 39.6. The molecular formula is C55H33N3O2. The summed E-state index contributed by atoms with van der Waals surface area (Å²) in [5.41, 5.74) is 14.5. The van der Waals surface area contributed by atoms with E-state index < -0.39 is 0 Å². The first kappa shape index (κ1) is 33.9. The van der Waals surface area contributed by atoms with Crippen molar-refractivity contribution in [2.24, 2.45) is 0 Å². The summed E-state index contributed by atoms with van der Waals surface area (Å²) < 4.78 is 12.5. The molecule has 0 aliphatic carbocycles. The molecule has 0 aliphatic rings. The van der Waals surface area contributed by atoms with E-state index in [0.29, 0.717) is 5.82 Å². The first-order valence-electron chi connectivity index (χ1n) is 20.0. The minimum absolute atomic E-state index is 0.639. The quantitative estimate of drug-likeness (QED) is 0.169. The maximum atomic E-state index is 6.24. The molecule has 60 heavy (non-hydrogen) atoms. The van der Waals surface area contributed by atoms with Crippen molar-refractivity contribution in [2.45, 2.75) is 0 Å². The van der Waals surface area contributed by atoms with Crippen molar-refractivity contribution in [3.05, 3.63) is 200 Å². The second-order valence-electron chi connectivity index (χ2n) is 15.3. The summed E-state index contributed by atoms with van der Waals surface area (Å²) in [7, 11) is 0. The van der Waals surface area contributed by atoms with Crippen molar-refractivity contribution in [1.82, 2.24) is 15.0 Å². The Labute approximate surface area is 344 Å². The maximum Gasteiger partial charge on any atom is 0.160 e. The van der Waals surface area contributed by atoms with Gasteiger partial charge in [0, 0.05) is 50.6 Å². The standard InChI is InChI=1S/C55H33N3O2/c1-2-9-37-26-40(20-17-34(37)8-1)50-32-49(36-18-15-35(16-19-36)41-10-7-25-56-33-41)57-55(58-50)44-28-42(38-21-23-53-47(30-38)45-11-3-5-13-51(45)59-53)27-43(29-44)39-22-24-54-48(31-39)46-12-4-6-14-52(46)60-54/h1-33H. The number of furan rings is 2. The maximum absolute atomic E-state index is 6.24. The van der Waals surface area contributed by atoms with E-state index in [9.17, 15) is 0 Å². The minimum atomic E-state index is 0.639. The van der Waals surface area contributed by atoms with Crippen LogP contribution in [0.4, 0.5) is 0 Å². The molecule has 280 valence electrons. The molecule has 0 saturated heterocycles. The summed E-state index contributed by atoms with van der Waals surface area (Å²) in [5, 5.41) is 6.68. The Balaban J connectivity index is 1.07. The fourth-order valence-electron chi connectivity index (χ4n) is 8.49. The van der Waals surface area contributed by atoms with Crippen molar-refractivity contribution >= 4 is 54.6 Å². The lowest BCUT2D eigenvalue weighted by atomic mass is 9.94. The fraction of sp³-hybridized carbons (Fsp3) is 0. The second-order valence-corrected chi connectivity index (χ2v) is 15.3. The van der Waals surface area contributed by atoms with Gasteiger partial charge in [0.25, 0.3) is 0 Å². The van der Waals surface area contributed by atoms with Gasteiger partial charge in [-0.2, -0.15) is 0 Å². The van der Waals surface area contributed by atoms with Crippen molar-refractivity contribution < 1.29 is 8.83 Å². The number of aromatic nitrogens is 3. The fourth-order valence-corrected chi connectivity index (χ4v) is 8.49. The highest BCUT2D eigenvalue weighted by molar-refractivity contribution is 6.08. The molecule has 5 nitrogen and oxygen atoms in total. The third-order valence-electron chi connectivity index (χ3n) is 11.6. The van der Waals surface area contributed by atoms with E-state index in [2.05, 4.69) is 163 Å². The molecule has 4 heterocycles. The molecule has 0 fully saturated rings. The second kappa shape index (κ2) is 13.8. The van der Waals surface area contributed by atoms with Crippen LogP contribution in [0.25, 0.3) is 122 Å². The molecule has 0 amide bonds.